The number of hydrogen-bond acceptors (Lipinski definition) is 3. The number of hydrogen-bond donors (Lipinski definition) is 1. The first-order valence-electron chi connectivity index (χ1n) is 4.13. The number of methoxy groups -OCH3 is 1. The molecule has 1 heterocycles. The van der Waals surface area contributed by atoms with Crippen molar-refractivity contribution in [1.82, 2.24) is 4.98 Å². The molecule has 1 rings (SSSR count). The Morgan fingerprint density at radius 3 is 2.85 bits per heavy atom. The van der Waals surface area contributed by atoms with Gasteiger partial charge in [0.15, 0.2) is 0 Å². The van der Waals surface area contributed by atoms with Crippen LogP contribution in [0, 0.1) is 0 Å². The van der Waals surface area contributed by atoms with E-state index >= 15 is 0 Å². The first-order chi connectivity index (χ1) is 6.33. The number of rotatable bonds is 5. The van der Waals surface area contributed by atoms with Crippen molar-refractivity contribution in [3.63, 3.8) is 0 Å². The number of aromatic amines is 1. The highest BCUT2D eigenvalue weighted by Gasteiger charge is 1.92. The molecule has 0 aromatic carbocycles. The van der Waals surface area contributed by atoms with Gasteiger partial charge in [-0.1, -0.05) is 0 Å². The van der Waals surface area contributed by atoms with Gasteiger partial charge >= 0.3 is 0 Å². The SMILES string of the molecule is COCCCOc1ccc(=O)[nH]c1. The fourth-order valence-electron chi connectivity index (χ4n) is 0.879. The average Bonchev–Trinajstić information content (AvgIpc) is 2.15. The van der Waals surface area contributed by atoms with E-state index < -0.39 is 0 Å². The zero-order valence-electron chi connectivity index (χ0n) is 7.58. The van der Waals surface area contributed by atoms with Gasteiger partial charge in [-0.2, -0.15) is 0 Å². The van der Waals surface area contributed by atoms with Crippen molar-refractivity contribution in [2.45, 2.75) is 6.42 Å². The predicted octanol–water partition coefficient (Wildman–Crippen LogP) is 0.790. The van der Waals surface area contributed by atoms with Crippen molar-refractivity contribution in [1.29, 1.82) is 0 Å². The molecule has 0 aliphatic rings. The molecule has 13 heavy (non-hydrogen) atoms. The third-order valence-corrected chi connectivity index (χ3v) is 1.52. The quantitative estimate of drug-likeness (QED) is 0.686. The van der Waals surface area contributed by atoms with Gasteiger partial charge < -0.3 is 14.5 Å². The zero-order valence-corrected chi connectivity index (χ0v) is 7.58. The van der Waals surface area contributed by atoms with Crippen molar-refractivity contribution < 1.29 is 9.47 Å². The first kappa shape index (κ1) is 9.80. The minimum Gasteiger partial charge on any atom is -0.492 e. The maximum atomic E-state index is 10.7. The van der Waals surface area contributed by atoms with Crippen molar-refractivity contribution in [3.05, 3.63) is 28.7 Å². The smallest absolute Gasteiger partial charge is 0.248 e. The van der Waals surface area contributed by atoms with Crippen molar-refractivity contribution in [2.75, 3.05) is 20.3 Å². The van der Waals surface area contributed by atoms with E-state index in [-0.39, 0.29) is 5.56 Å². The van der Waals surface area contributed by atoms with Crippen LogP contribution in [0.5, 0.6) is 5.75 Å². The minimum atomic E-state index is -0.121. The number of H-pyrrole nitrogens is 1. The summed E-state index contributed by atoms with van der Waals surface area (Å²) in [5, 5.41) is 0. The Hall–Kier alpha value is -1.29. The Morgan fingerprint density at radius 1 is 1.38 bits per heavy atom. The summed E-state index contributed by atoms with van der Waals surface area (Å²) in [5.41, 5.74) is -0.121. The number of ether oxygens (including phenoxy) is 2. The molecule has 0 radical (unpaired) electrons. The van der Waals surface area contributed by atoms with Gasteiger partial charge in [-0.15, -0.1) is 0 Å². The highest BCUT2D eigenvalue weighted by atomic mass is 16.5. The summed E-state index contributed by atoms with van der Waals surface area (Å²) < 4.78 is 10.2. The summed E-state index contributed by atoms with van der Waals surface area (Å²) in [4.78, 5) is 13.2. The lowest BCUT2D eigenvalue weighted by molar-refractivity contribution is 0.172. The minimum absolute atomic E-state index is 0.121. The second kappa shape index (κ2) is 5.37. The van der Waals surface area contributed by atoms with Crippen LogP contribution in [0.4, 0.5) is 0 Å². The van der Waals surface area contributed by atoms with Crippen LogP contribution in [0.15, 0.2) is 23.1 Å². The normalized spacial score (nSPS) is 9.92. The molecule has 0 amide bonds. The topological polar surface area (TPSA) is 51.3 Å². The van der Waals surface area contributed by atoms with Gasteiger partial charge in [-0.3, -0.25) is 4.79 Å². The number of aromatic nitrogens is 1. The van der Waals surface area contributed by atoms with Crippen molar-refractivity contribution >= 4 is 0 Å². The lowest BCUT2D eigenvalue weighted by Crippen LogP contribution is -2.05. The zero-order chi connectivity index (χ0) is 9.52. The molecule has 0 unspecified atom stereocenters. The Bertz CT molecular complexity index is 275. The van der Waals surface area contributed by atoms with E-state index in [1.54, 1.807) is 19.4 Å². The van der Waals surface area contributed by atoms with Crippen LogP contribution in [0.1, 0.15) is 6.42 Å². The van der Waals surface area contributed by atoms with Crippen LogP contribution in [0.3, 0.4) is 0 Å². The van der Waals surface area contributed by atoms with Gasteiger partial charge in [0.05, 0.1) is 6.61 Å². The fourth-order valence-corrected chi connectivity index (χ4v) is 0.879. The predicted molar refractivity (Wildman–Crippen MR) is 49.1 cm³/mol. The average molecular weight is 183 g/mol. The molecule has 0 aliphatic carbocycles. The van der Waals surface area contributed by atoms with Gasteiger partial charge in [-0.05, 0) is 6.07 Å². The maximum Gasteiger partial charge on any atom is 0.248 e. The van der Waals surface area contributed by atoms with Crippen LogP contribution < -0.4 is 10.3 Å². The second-order valence-electron chi connectivity index (χ2n) is 2.58. The molecule has 0 saturated carbocycles. The Balaban J connectivity index is 2.29. The third kappa shape index (κ3) is 3.75. The lowest BCUT2D eigenvalue weighted by Gasteiger charge is -2.03. The molecule has 0 spiro atoms. The Labute approximate surface area is 76.5 Å². The molecule has 0 aliphatic heterocycles. The van der Waals surface area contributed by atoms with Crippen LogP contribution in [0.25, 0.3) is 0 Å². The molecule has 1 N–H and O–H groups in total. The number of nitrogens with one attached hydrogen (secondary N) is 1. The van der Waals surface area contributed by atoms with E-state index in [4.69, 9.17) is 9.47 Å². The summed E-state index contributed by atoms with van der Waals surface area (Å²) >= 11 is 0. The van der Waals surface area contributed by atoms with E-state index in [1.807, 2.05) is 0 Å². The largest absolute Gasteiger partial charge is 0.492 e. The van der Waals surface area contributed by atoms with Gasteiger partial charge in [0.1, 0.15) is 5.75 Å². The molecule has 0 atom stereocenters. The van der Waals surface area contributed by atoms with Gasteiger partial charge in [0.25, 0.3) is 0 Å². The van der Waals surface area contributed by atoms with E-state index in [9.17, 15) is 4.79 Å². The summed E-state index contributed by atoms with van der Waals surface area (Å²) in [6.45, 7) is 1.28. The molecule has 4 nitrogen and oxygen atoms in total. The van der Waals surface area contributed by atoms with E-state index in [2.05, 4.69) is 4.98 Å². The van der Waals surface area contributed by atoms with Gasteiger partial charge in [0.2, 0.25) is 5.56 Å². The fraction of sp³-hybridized carbons (Fsp3) is 0.444. The third-order valence-electron chi connectivity index (χ3n) is 1.52. The van der Waals surface area contributed by atoms with Crippen LogP contribution in [-0.2, 0) is 4.74 Å². The molecular weight excluding hydrogens is 170 g/mol. The van der Waals surface area contributed by atoms with E-state index in [1.165, 1.54) is 6.07 Å². The first-order valence-corrected chi connectivity index (χ1v) is 4.13. The summed E-state index contributed by atoms with van der Waals surface area (Å²) in [6.07, 6.45) is 2.39. The number of pyridine rings is 1. The lowest BCUT2D eigenvalue weighted by atomic mass is 10.4. The van der Waals surface area contributed by atoms with Crippen molar-refractivity contribution in [2.24, 2.45) is 0 Å². The second-order valence-corrected chi connectivity index (χ2v) is 2.58. The standard InChI is InChI=1S/C9H13NO3/c1-12-5-2-6-13-8-3-4-9(11)10-7-8/h3-4,7H,2,5-6H2,1H3,(H,10,11). The molecule has 4 heteroatoms. The molecule has 1 aromatic rings. The van der Waals surface area contributed by atoms with E-state index in [0.29, 0.717) is 19.0 Å². The highest BCUT2D eigenvalue weighted by molar-refractivity contribution is 5.15. The van der Waals surface area contributed by atoms with Crippen LogP contribution in [0.2, 0.25) is 0 Å². The highest BCUT2D eigenvalue weighted by Crippen LogP contribution is 2.04. The molecule has 0 fully saturated rings. The van der Waals surface area contributed by atoms with Crippen molar-refractivity contribution in [3.8, 4) is 5.75 Å². The van der Waals surface area contributed by atoms with Crippen LogP contribution in [-0.4, -0.2) is 25.3 Å². The van der Waals surface area contributed by atoms with Gasteiger partial charge in [0, 0.05) is 32.4 Å². The summed E-state index contributed by atoms with van der Waals surface area (Å²) in [5.74, 6) is 0.677. The molecule has 1 aromatic heterocycles. The van der Waals surface area contributed by atoms with E-state index in [0.717, 1.165) is 6.42 Å². The molecule has 0 saturated heterocycles. The molecule has 72 valence electrons. The van der Waals surface area contributed by atoms with Gasteiger partial charge in [-0.25, -0.2) is 0 Å². The maximum absolute atomic E-state index is 10.7. The Morgan fingerprint density at radius 2 is 2.23 bits per heavy atom. The summed E-state index contributed by atoms with van der Waals surface area (Å²) in [7, 11) is 1.65. The summed E-state index contributed by atoms with van der Waals surface area (Å²) in [6, 6.07) is 3.08. The molecule has 0 bridgehead atoms. The molecular formula is C9H13NO3. The monoisotopic (exact) mass is 183 g/mol. The van der Waals surface area contributed by atoms with Crippen LogP contribution >= 0.6 is 0 Å². The Kier molecular flexibility index (Phi) is 4.05.